The van der Waals surface area contributed by atoms with Gasteiger partial charge in [-0.2, -0.15) is 5.10 Å². The summed E-state index contributed by atoms with van der Waals surface area (Å²) in [6, 6.07) is 1.30. The van der Waals surface area contributed by atoms with Crippen LogP contribution in [0.25, 0.3) is 0 Å². The summed E-state index contributed by atoms with van der Waals surface area (Å²) >= 11 is 0. The van der Waals surface area contributed by atoms with Crippen LogP contribution in [-0.2, 0) is 16.1 Å². The van der Waals surface area contributed by atoms with E-state index in [-0.39, 0.29) is 5.91 Å². The normalized spacial score (nSPS) is 12.4. The fourth-order valence-electron chi connectivity index (χ4n) is 1.58. The number of nitrogens with two attached hydrogens (primary N) is 1. The molecule has 0 spiro atoms. The van der Waals surface area contributed by atoms with Crippen molar-refractivity contribution in [3.8, 4) is 0 Å². The molecule has 0 aliphatic carbocycles. The number of ether oxygens (including phenoxy) is 1. The number of aryl methyl sites for hydroxylation is 1. The molecule has 0 fully saturated rings. The fraction of sp³-hybridized carbons (Fsp3) is 0.667. The van der Waals surface area contributed by atoms with Crippen molar-refractivity contribution >= 4 is 11.7 Å². The molecule has 18 heavy (non-hydrogen) atoms. The van der Waals surface area contributed by atoms with Gasteiger partial charge in [0.2, 0.25) is 5.91 Å². The Bertz CT molecular complexity index is 365. The van der Waals surface area contributed by atoms with Crippen LogP contribution in [0.15, 0.2) is 12.3 Å². The molecule has 1 atom stereocenters. The molecular formula is C12H22N4O2. The molecule has 1 heterocycles. The molecule has 0 aliphatic rings. The van der Waals surface area contributed by atoms with Crippen LogP contribution < -0.4 is 11.1 Å². The van der Waals surface area contributed by atoms with Crippen molar-refractivity contribution < 1.29 is 9.53 Å². The summed E-state index contributed by atoms with van der Waals surface area (Å²) in [7, 11) is 1.67. The number of hydrogen-bond acceptors (Lipinski definition) is 4. The molecule has 0 aliphatic heterocycles. The van der Waals surface area contributed by atoms with Gasteiger partial charge in [-0.05, 0) is 12.8 Å². The summed E-state index contributed by atoms with van der Waals surface area (Å²) in [6.45, 7) is 3.46. The van der Waals surface area contributed by atoms with Crippen molar-refractivity contribution in [3.05, 3.63) is 12.3 Å². The molecule has 1 aromatic heterocycles. The topological polar surface area (TPSA) is 82.2 Å². The predicted octanol–water partition coefficient (Wildman–Crippen LogP) is 0.985. The van der Waals surface area contributed by atoms with Crippen LogP contribution in [0.2, 0.25) is 0 Å². The van der Waals surface area contributed by atoms with Gasteiger partial charge in [-0.15, -0.1) is 0 Å². The maximum atomic E-state index is 11.7. The molecule has 0 saturated carbocycles. The van der Waals surface area contributed by atoms with Crippen LogP contribution in [0, 0.1) is 0 Å². The summed E-state index contributed by atoms with van der Waals surface area (Å²) in [5.41, 5.74) is 5.72. The molecule has 102 valence electrons. The number of amides is 1. The van der Waals surface area contributed by atoms with Crippen molar-refractivity contribution in [2.45, 2.75) is 38.8 Å². The lowest BCUT2D eigenvalue weighted by Crippen LogP contribution is -2.35. The third-order valence-corrected chi connectivity index (χ3v) is 2.56. The zero-order chi connectivity index (χ0) is 13.4. The summed E-state index contributed by atoms with van der Waals surface area (Å²) in [6.07, 6.45) is 4.29. The molecule has 0 saturated heterocycles. The van der Waals surface area contributed by atoms with Gasteiger partial charge in [0, 0.05) is 32.5 Å². The number of carbonyl (C=O) groups is 1. The summed E-state index contributed by atoms with van der Waals surface area (Å²) < 4.78 is 6.74. The third kappa shape index (κ3) is 4.85. The van der Waals surface area contributed by atoms with E-state index < -0.39 is 6.04 Å². The van der Waals surface area contributed by atoms with Gasteiger partial charge in [0.1, 0.15) is 0 Å². The molecule has 0 aromatic carbocycles. The van der Waals surface area contributed by atoms with Crippen LogP contribution in [0.5, 0.6) is 0 Å². The van der Waals surface area contributed by atoms with Crippen LogP contribution in [0.3, 0.4) is 0 Å². The molecule has 6 nitrogen and oxygen atoms in total. The molecular weight excluding hydrogens is 232 g/mol. The second-order valence-corrected chi connectivity index (χ2v) is 4.19. The number of aromatic nitrogens is 2. The van der Waals surface area contributed by atoms with E-state index in [1.54, 1.807) is 17.9 Å². The summed E-state index contributed by atoms with van der Waals surface area (Å²) in [4.78, 5) is 11.7. The minimum atomic E-state index is -0.464. The van der Waals surface area contributed by atoms with E-state index in [9.17, 15) is 4.79 Å². The van der Waals surface area contributed by atoms with Crippen molar-refractivity contribution in [2.75, 3.05) is 19.0 Å². The number of anilines is 1. The van der Waals surface area contributed by atoms with Crippen LogP contribution in [0.1, 0.15) is 26.2 Å². The van der Waals surface area contributed by atoms with Crippen LogP contribution in [-0.4, -0.2) is 35.4 Å². The van der Waals surface area contributed by atoms with E-state index in [1.807, 2.05) is 13.1 Å². The lowest BCUT2D eigenvalue weighted by Gasteiger charge is -2.09. The summed E-state index contributed by atoms with van der Waals surface area (Å²) in [5.74, 6) is 0.364. The van der Waals surface area contributed by atoms with E-state index >= 15 is 0 Å². The highest BCUT2D eigenvalue weighted by Gasteiger charge is 2.13. The van der Waals surface area contributed by atoms with Gasteiger partial charge in [0.15, 0.2) is 5.82 Å². The Labute approximate surface area is 107 Å². The van der Waals surface area contributed by atoms with Gasteiger partial charge in [-0.25, -0.2) is 0 Å². The zero-order valence-electron chi connectivity index (χ0n) is 11.1. The molecule has 1 amide bonds. The monoisotopic (exact) mass is 254 g/mol. The van der Waals surface area contributed by atoms with Gasteiger partial charge >= 0.3 is 0 Å². The molecule has 0 radical (unpaired) electrons. The average Bonchev–Trinajstić information content (AvgIpc) is 2.77. The second kappa shape index (κ2) is 7.84. The van der Waals surface area contributed by atoms with Crippen molar-refractivity contribution in [1.29, 1.82) is 0 Å². The van der Waals surface area contributed by atoms with Crippen molar-refractivity contribution in [3.63, 3.8) is 0 Å². The maximum absolute atomic E-state index is 11.7. The average molecular weight is 254 g/mol. The van der Waals surface area contributed by atoms with E-state index in [0.29, 0.717) is 18.8 Å². The van der Waals surface area contributed by atoms with Gasteiger partial charge in [-0.1, -0.05) is 13.3 Å². The molecule has 1 rings (SSSR count). The second-order valence-electron chi connectivity index (χ2n) is 4.19. The zero-order valence-corrected chi connectivity index (χ0v) is 11.1. The highest BCUT2D eigenvalue weighted by Crippen LogP contribution is 2.05. The van der Waals surface area contributed by atoms with E-state index in [4.69, 9.17) is 10.5 Å². The van der Waals surface area contributed by atoms with Gasteiger partial charge in [-0.3, -0.25) is 9.48 Å². The first-order valence-corrected chi connectivity index (χ1v) is 6.26. The Morgan fingerprint density at radius 2 is 2.44 bits per heavy atom. The Balaban J connectivity index is 2.41. The maximum Gasteiger partial charge on any atom is 0.242 e. The van der Waals surface area contributed by atoms with E-state index in [1.165, 1.54) is 0 Å². The number of rotatable bonds is 8. The molecule has 1 aromatic rings. The first-order valence-electron chi connectivity index (χ1n) is 6.26. The Kier molecular flexibility index (Phi) is 6.38. The van der Waals surface area contributed by atoms with E-state index in [0.717, 1.165) is 19.4 Å². The SMILES string of the molecule is CCCC(N)C(=O)Nc1ccn(CCCOC)n1. The van der Waals surface area contributed by atoms with Crippen LogP contribution >= 0.6 is 0 Å². The highest BCUT2D eigenvalue weighted by atomic mass is 16.5. The largest absolute Gasteiger partial charge is 0.385 e. The van der Waals surface area contributed by atoms with E-state index in [2.05, 4.69) is 10.4 Å². The van der Waals surface area contributed by atoms with Gasteiger partial charge in [0.25, 0.3) is 0 Å². The Hall–Kier alpha value is -1.40. The molecule has 0 bridgehead atoms. The number of nitrogens with one attached hydrogen (secondary N) is 1. The molecule has 3 N–H and O–H groups in total. The standard InChI is InChI=1S/C12H22N4O2/c1-3-5-10(13)12(17)14-11-6-8-16(15-11)7-4-9-18-2/h6,8,10H,3-5,7,9,13H2,1-2H3,(H,14,15,17). The first kappa shape index (κ1) is 14.7. The van der Waals surface area contributed by atoms with Gasteiger partial charge < -0.3 is 15.8 Å². The lowest BCUT2D eigenvalue weighted by molar-refractivity contribution is -0.117. The molecule has 1 unspecified atom stereocenters. The lowest BCUT2D eigenvalue weighted by atomic mass is 10.2. The first-order chi connectivity index (χ1) is 8.67. The number of methoxy groups -OCH3 is 1. The quantitative estimate of drug-likeness (QED) is 0.678. The Morgan fingerprint density at radius 1 is 1.67 bits per heavy atom. The summed E-state index contributed by atoms with van der Waals surface area (Å²) in [5, 5.41) is 6.95. The van der Waals surface area contributed by atoms with Gasteiger partial charge in [0.05, 0.1) is 6.04 Å². The minimum Gasteiger partial charge on any atom is -0.385 e. The molecule has 6 heteroatoms. The Morgan fingerprint density at radius 3 is 3.11 bits per heavy atom. The number of nitrogens with zero attached hydrogens (tertiary/aromatic N) is 2. The predicted molar refractivity (Wildman–Crippen MR) is 70.2 cm³/mol. The number of carbonyl (C=O) groups excluding carboxylic acids is 1. The fourth-order valence-corrected chi connectivity index (χ4v) is 1.58. The van der Waals surface area contributed by atoms with Crippen molar-refractivity contribution in [1.82, 2.24) is 9.78 Å². The minimum absolute atomic E-state index is 0.181. The van der Waals surface area contributed by atoms with Crippen LogP contribution in [0.4, 0.5) is 5.82 Å². The highest BCUT2D eigenvalue weighted by molar-refractivity contribution is 5.93. The van der Waals surface area contributed by atoms with Crippen molar-refractivity contribution in [2.24, 2.45) is 5.73 Å². The number of hydrogen-bond donors (Lipinski definition) is 2. The third-order valence-electron chi connectivity index (χ3n) is 2.56. The smallest absolute Gasteiger partial charge is 0.242 e.